The van der Waals surface area contributed by atoms with Crippen LogP contribution in [0.1, 0.15) is 49.2 Å². The molecule has 2 aliphatic heterocycles. The molecular weight excluding hydrogens is 442 g/mol. The zero-order valence-electron chi connectivity index (χ0n) is 18.9. The summed E-state index contributed by atoms with van der Waals surface area (Å²) < 4.78 is 2.12. The maximum absolute atomic E-state index is 12.8. The van der Waals surface area contributed by atoms with Gasteiger partial charge in [0.2, 0.25) is 5.17 Å². The summed E-state index contributed by atoms with van der Waals surface area (Å²) in [6, 6.07) is 7.84. The largest absolute Gasteiger partial charge is 0.318 e. The molecule has 0 saturated carbocycles. The highest BCUT2D eigenvalue weighted by Crippen LogP contribution is 2.34. The van der Waals surface area contributed by atoms with Crippen molar-refractivity contribution >= 4 is 51.4 Å². The zero-order valence-corrected chi connectivity index (χ0v) is 20.4. The Morgan fingerprint density at radius 1 is 1.22 bits per heavy atom. The predicted molar refractivity (Wildman–Crippen MR) is 134 cm³/mol. The Balaban J connectivity index is 1.74. The summed E-state index contributed by atoms with van der Waals surface area (Å²) in [5, 5.41) is 16.9. The van der Waals surface area contributed by atoms with Crippen molar-refractivity contribution in [3.05, 3.63) is 57.4 Å². The fourth-order valence-electron chi connectivity index (χ4n) is 4.11. The van der Waals surface area contributed by atoms with Crippen LogP contribution in [-0.2, 0) is 4.79 Å². The van der Waals surface area contributed by atoms with Crippen LogP contribution in [0.15, 0.2) is 39.9 Å². The molecular formula is C24H26ClN5OS. The molecule has 0 fully saturated rings. The minimum Gasteiger partial charge on any atom is -0.318 e. The van der Waals surface area contributed by atoms with E-state index < -0.39 is 5.91 Å². The molecule has 1 N–H and O–H groups in total. The third kappa shape index (κ3) is 3.73. The molecule has 4 rings (SSSR count). The lowest BCUT2D eigenvalue weighted by Gasteiger charge is -2.20. The summed E-state index contributed by atoms with van der Waals surface area (Å²) >= 11 is 7.74. The molecule has 166 valence electrons. The Kier molecular flexibility index (Phi) is 6.14. The quantitative estimate of drug-likeness (QED) is 0.539. The molecule has 2 aromatic rings. The van der Waals surface area contributed by atoms with Gasteiger partial charge in [-0.25, -0.2) is 0 Å². The first-order valence-electron chi connectivity index (χ1n) is 10.7. The third-order valence-electron chi connectivity index (χ3n) is 6.06. The molecule has 0 unspecified atom stereocenters. The summed E-state index contributed by atoms with van der Waals surface area (Å²) in [4.78, 5) is 17.1. The monoisotopic (exact) mass is 467 g/mol. The van der Waals surface area contributed by atoms with Crippen molar-refractivity contribution in [3.63, 3.8) is 0 Å². The van der Waals surface area contributed by atoms with Gasteiger partial charge in [0.25, 0.3) is 5.91 Å². The number of aryl methyl sites for hydroxylation is 1. The lowest BCUT2D eigenvalue weighted by molar-refractivity contribution is -0.114. The van der Waals surface area contributed by atoms with Gasteiger partial charge in [0.05, 0.1) is 5.57 Å². The van der Waals surface area contributed by atoms with Gasteiger partial charge >= 0.3 is 0 Å². The fourth-order valence-corrected chi connectivity index (χ4v) is 5.43. The van der Waals surface area contributed by atoms with Crippen LogP contribution >= 0.6 is 23.4 Å². The van der Waals surface area contributed by atoms with Crippen LogP contribution in [-0.4, -0.2) is 31.5 Å². The number of thioether (sulfide) groups is 1. The number of carbonyl (C=O) groups is 1. The molecule has 0 radical (unpaired) electrons. The molecule has 0 spiro atoms. The van der Waals surface area contributed by atoms with Crippen LogP contribution in [0.5, 0.6) is 0 Å². The fraction of sp³-hybridized carbons (Fsp3) is 0.333. The molecule has 1 aromatic heterocycles. The lowest BCUT2D eigenvalue weighted by atomic mass is 10.1. The number of carbonyl (C=O) groups excluding carboxylic acids is 1. The lowest BCUT2D eigenvalue weighted by Crippen LogP contribution is -2.35. The summed E-state index contributed by atoms with van der Waals surface area (Å²) in [5.41, 5.74) is 5.08. The molecule has 3 heterocycles. The van der Waals surface area contributed by atoms with Gasteiger partial charge in [0, 0.05) is 28.0 Å². The molecule has 2 aliphatic rings. The van der Waals surface area contributed by atoms with E-state index in [1.165, 1.54) is 16.8 Å². The van der Waals surface area contributed by atoms with E-state index in [9.17, 15) is 4.79 Å². The molecule has 0 saturated heterocycles. The Labute approximate surface area is 197 Å². The Hall–Kier alpha value is -2.64. The van der Waals surface area contributed by atoms with Crippen molar-refractivity contribution < 1.29 is 4.79 Å². The number of aromatic nitrogens is 1. The Morgan fingerprint density at radius 3 is 2.62 bits per heavy atom. The summed E-state index contributed by atoms with van der Waals surface area (Å²) in [6.07, 6.45) is 3.67. The third-order valence-corrected chi connectivity index (χ3v) is 7.54. The van der Waals surface area contributed by atoms with E-state index in [2.05, 4.69) is 28.5 Å². The topological polar surface area (TPSA) is 73.8 Å². The average molecular weight is 468 g/mol. The average Bonchev–Trinajstić information content (AvgIpc) is 3.29. The smallest absolute Gasteiger partial charge is 0.283 e. The Bertz CT molecular complexity index is 1220. The van der Waals surface area contributed by atoms with Crippen LogP contribution in [0.3, 0.4) is 0 Å². The second-order valence-corrected chi connectivity index (χ2v) is 9.41. The maximum atomic E-state index is 12.8. The second kappa shape index (κ2) is 8.71. The number of hydrogen-bond donors (Lipinski definition) is 1. The summed E-state index contributed by atoms with van der Waals surface area (Å²) in [6.45, 7) is 10.3. The van der Waals surface area contributed by atoms with Crippen LogP contribution < -0.4 is 0 Å². The van der Waals surface area contributed by atoms with E-state index in [1.54, 1.807) is 6.08 Å². The van der Waals surface area contributed by atoms with Crippen molar-refractivity contribution in [3.8, 4) is 5.69 Å². The van der Waals surface area contributed by atoms with Crippen molar-refractivity contribution in [2.24, 2.45) is 16.0 Å². The van der Waals surface area contributed by atoms with E-state index in [1.807, 2.05) is 45.0 Å². The normalized spacial score (nSPS) is 17.3. The number of amidine groups is 2. The Morgan fingerprint density at radius 2 is 1.94 bits per heavy atom. The molecule has 6 nitrogen and oxygen atoms in total. The summed E-state index contributed by atoms with van der Waals surface area (Å²) in [5.74, 6) is -0.0285. The molecule has 32 heavy (non-hydrogen) atoms. The first-order chi connectivity index (χ1) is 15.3. The molecule has 1 aromatic carbocycles. The highest BCUT2D eigenvalue weighted by Gasteiger charge is 2.37. The number of amides is 1. The van der Waals surface area contributed by atoms with Gasteiger partial charge in [-0.2, -0.15) is 15.1 Å². The van der Waals surface area contributed by atoms with Gasteiger partial charge in [-0.1, -0.05) is 31.5 Å². The number of halogens is 1. The first kappa shape index (κ1) is 22.6. The van der Waals surface area contributed by atoms with Gasteiger partial charge in [0.15, 0.2) is 5.84 Å². The number of hydrogen-bond acceptors (Lipinski definition) is 4. The minimum atomic E-state index is -0.404. The summed E-state index contributed by atoms with van der Waals surface area (Å²) in [7, 11) is 0. The van der Waals surface area contributed by atoms with Gasteiger partial charge in [-0.3, -0.25) is 10.2 Å². The van der Waals surface area contributed by atoms with Crippen LogP contribution in [0, 0.1) is 32.1 Å². The number of aliphatic imine (C=N–C) groups is 1. The number of rotatable bonds is 5. The number of fused-ring (bicyclic) bond motifs is 1. The van der Waals surface area contributed by atoms with Gasteiger partial charge in [-0.15, -0.1) is 0 Å². The second-order valence-electron chi connectivity index (χ2n) is 8.02. The van der Waals surface area contributed by atoms with Gasteiger partial charge < -0.3 is 4.57 Å². The van der Waals surface area contributed by atoms with Crippen LogP contribution in [0.4, 0.5) is 0 Å². The first-order valence-corrected chi connectivity index (χ1v) is 11.9. The van der Waals surface area contributed by atoms with E-state index in [0.29, 0.717) is 16.1 Å². The van der Waals surface area contributed by atoms with Gasteiger partial charge in [0.1, 0.15) is 5.04 Å². The molecule has 0 aliphatic carbocycles. The number of hydrazone groups is 1. The van der Waals surface area contributed by atoms with E-state index >= 15 is 0 Å². The maximum Gasteiger partial charge on any atom is 0.283 e. The molecule has 1 amide bonds. The van der Waals surface area contributed by atoms with Crippen molar-refractivity contribution in [1.29, 1.82) is 5.41 Å². The number of nitrogens with one attached hydrogen (secondary N) is 1. The van der Waals surface area contributed by atoms with Crippen LogP contribution in [0.2, 0.25) is 5.02 Å². The van der Waals surface area contributed by atoms with E-state index in [4.69, 9.17) is 17.0 Å². The van der Waals surface area contributed by atoms with Crippen molar-refractivity contribution in [2.45, 2.75) is 47.5 Å². The minimum absolute atomic E-state index is 0.0668. The van der Waals surface area contributed by atoms with Crippen molar-refractivity contribution in [1.82, 2.24) is 9.58 Å². The number of benzene rings is 1. The molecule has 0 atom stereocenters. The highest BCUT2D eigenvalue weighted by molar-refractivity contribution is 8.27. The van der Waals surface area contributed by atoms with Crippen molar-refractivity contribution in [2.75, 3.05) is 0 Å². The molecule has 8 heteroatoms. The zero-order chi connectivity index (χ0) is 23.2. The van der Waals surface area contributed by atoms with E-state index in [-0.39, 0.29) is 11.4 Å². The molecule has 0 bridgehead atoms. The van der Waals surface area contributed by atoms with Gasteiger partial charge in [-0.05, 0) is 80.8 Å². The standard InChI is InChI=1S/C24H26ClN5OS/c1-6-16(7-2)23-28-30-21(26)18(22(31)27-24(30)32-23)12-17-11-13(3)29(15(17)5)20-10-8-9-19(25)14(20)4/h8-12,16,26H,6-7H2,1-5H3. The highest BCUT2D eigenvalue weighted by atomic mass is 35.5. The predicted octanol–water partition coefficient (Wildman–Crippen LogP) is 6.11. The number of nitrogens with zero attached hydrogens (tertiary/aromatic N) is 4. The van der Waals surface area contributed by atoms with E-state index in [0.717, 1.165) is 46.1 Å². The van der Waals surface area contributed by atoms with Crippen LogP contribution in [0.25, 0.3) is 11.8 Å². The SMILES string of the molecule is CCC(CC)C1=NN2C(=N)C(=Cc3cc(C)n(-c4cccc(Cl)c4C)c3C)C(=O)N=C2S1.